The maximum atomic E-state index is 13.3. The Labute approximate surface area is 205 Å². The first-order valence-electron chi connectivity index (χ1n) is 11.4. The highest BCUT2D eigenvalue weighted by atomic mass is 32.1. The van der Waals surface area contributed by atoms with Crippen LogP contribution in [0.3, 0.4) is 0 Å². The topological polar surface area (TPSA) is 67.6 Å². The third kappa shape index (κ3) is 4.48. The SMILES string of the molecule is Fc1ccc(Cn2cc(/C=N/Nc3nc(N4CCOCC4)c4sccc4n3)c3ccccc32)cc1. The van der Waals surface area contributed by atoms with E-state index in [0.29, 0.717) is 25.7 Å². The number of hydrogen-bond acceptors (Lipinski definition) is 7. The van der Waals surface area contributed by atoms with Gasteiger partial charge < -0.3 is 14.2 Å². The van der Waals surface area contributed by atoms with Gasteiger partial charge in [0.1, 0.15) is 5.82 Å². The second kappa shape index (κ2) is 9.44. The number of nitrogens with one attached hydrogen (secondary N) is 1. The number of fused-ring (bicyclic) bond motifs is 2. The molecule has 0 bridgehead atoms. The van der Waals surface area contributed by atoms with Gasteiger partial charge in [0.2, 0.25) is 5.95 Å². The number of aromatic nitrogens is 3. The Morgan fingerprint density at radius 2 is 1.89 bits per heavy atom. The largest absolute Gasteiger partial charge is 0.378 e. The van der Waals surface area contributed by atoms with Gasteiger partial charge in [0.15, 0.2) is 5.82 Å². The molecule has 9 heteroatoms. The molecule has 4 heterocycles. The van der Waals surface area contributed by atoms with Crippen LogP contribution in [-0.4, -0.2) is 47.1 Å². The summed E-state index contributed by atoms with van der Waals surface area (Å²) in [6.45, 7) is 3.64. The minimum atomic E-state index is -0.232. The molecule has 3 aromatic heterocycles. The number of rotatable bonds is 6. The lowest BCUT2D eigenvalue weighted by atomic mass is 10.2. The van der Waals surface area contributed by atoms with Gasteiger partial charge in [-0.05, 0) is 35.2 Å². The molecular weight excluding hydrogens is 463 g/mol. The summed E-state index contributed by atoms with van der Waals surface area (Å²) in [6.07, 6.45) is 3.85. The van der Waals surface area contributed by atoms with Crippen molar-refractivity contribution < 1.29 is 9.13 Å². The number of halogens is 1. The average Bonchev–Trinajstić information content (AvgIpc) is 3.51. The molecule has 6 rings (SSSR count). The van der Waals surface area contributed by atoms with Crippen LogP contribution in [0.5, 0.6) is 0 Å². The van der Waals surface area contributed by atoms with Crippen LogP contribution in [-0.2, 0) is 11.3 Å². The van der Waals surface area contributed by atoms with Crippen LogP contribution in [0.1, 0.15) is 11.1 Å². The number of thiophene rings is 1. The summed E-state index contributed by atoms with van der Waals surface area (Å²) in [7, 11) is 0. The molecule has 0 spiro atoms. The maximum absolute atomic E-state index is 13.3. The van der Waals surface area contributed by atoms with Crippen molar-refractivity contribution in [2.75, 3.05) is 36.6 Å². The molecule has 1 N–H and O–H groups in total. The maximum Gasteiger partial charge on any atom is 0.246 e. The quantitative estimate of drug-likeness (QED) is 0.267. The van der Waals surface area contributed by atoms with Gasteiger partial charge in [0, 0.05) is 42.3 Å². The molecule has 1 aliphatic rings. The van der Waals surface area contributed by atoms with Gasteiger partial charge in [-0.3, -0.25) is 0 Å². The lowest BCUT2D eigenvalue weighted by Crippen LogP contribution is -2.36. The highest BCUT2D eigenvalue weighted by molar-refractivity contribution is 7.17. The lowest BCUT2D eigenvalue weighted by Gasteiger charge is -2.28. The number of ether oxygens (including phenoxy) is 1. The summed E-state index contributed by atoms with van der Waals surface area (Å²) in [6, 6.07) is 16.8. The third-order valence-corrected chi connectivity index (χ3v) is 6.95. The molecule has 5 aromatic rings. The zero-order valence-corrected chi connectivity index (χ0v) is 19.7. The molecule has 0 saturated carbocycles. The van der Waals surface area contributed by atoms with E-state index in [1.807, 2.05) is 35.7 Å². The summed E-state index contributed by atoms with van der Waals surface area (Å²) < 4.78 is 22.0. The fraction of sp³-hybridized carbons (Fsp3) is 0.192. The van der Waals surface area contributed by atoms with Crippen LogP contribution in [0.2, 0.25) is 0 Å². The second-order valence-electron chi connectivity index (χ2n) is 8.33. The first-order valence-corrected chi connectivity index (χ1v) is 12.3. The number of hydrazone groups is 1. The number of nitrogens with zero attached hydrogens (tertiary/aromatic N) is 5. The van der Waals surface area contributed by atoms with E-state index in [1.54, 1.807) is 17.6 Å². The van der Waals surface area contributed by atoms with Crippen molar-refractivity contribution >= 4 is 50.4 Å². The highest BCUT2D eigenvalue weighted by Crippen LogP contribution is 2.30. The summed E-state index contributed by atoms with van der Waals surface area (Å²) in [4.78, 5) is 11.6. The number of para-hydroxylation sites is 1. The molecule has 0 amide bonds. The van der Waals surface area contributed by atoms with Gasteiger partial charge >= 0.3 is 0 Å². The first kappa shape index (κ1) is 21.7. The Balaban J connectivity index is 1.27. The molecule has 0 atom stereocenters. The summed E-state index contributed by atoms with van der Waals surface area (Å²) >= 11 is 1.65. The van der Waals surface area contributed by atoms with E-state index in [-0.39, 0.29) is 5.82 Å². The number of hydrogen-bond donors (Lipinski definition) is 1. The molecule has 7 nitrogen and oxygen atoms in total. The third-order valence-electron chi connectivity index (χ3n) is 6.05. The number of morpholine rings is 1. The fourth-order valence-electron chi connectivity index (χ4n) is 4.34. The Morgan fingerprint density at radius 1 is 1.06 bits per heavy atom. The van der Waals surface area contributed by atoms with Gasteiger partial charge in [-0.2, -0.15) is 10.1 Å². The van der Waals surface area contributed by atoms with Crippen LogP contribution in [0.25, 0.3) is 21.1 Å². The van der Waals surface area contributed by atoms with Crippen LogP contribution >= 0.6 is 11.3 Å². The Kier molecular flexibility index (Phi) is 5.85. The molecule has 1 saturated heterocycles. The Hall–Kier alpha value is -3.82. The van der Waals surface area contributed by atoms with E-state index in [1.165, 1.54) is 12.1 Å². The molecule has 1 fully saturated rings. The summed E-state index contributed by atoms with van der Waals surface area (Å²) in [5.74, 6) is 1.15. The normalized spacial score (nSPS) is 14.4. The van der Waals surface area contributed by atoms with Crippen molar-refractivity contribution in [2.45, 2.75) is 6.54 Å². The number of anilines is 2. The van der Waals surface area contributed by atoms with Gasteiger partial charge in [-0.1, -0.05) is 30.3 Å². The zero-order chi connectivity index (χ0) is 23.6. The van der Waals surface area contributed by atoms with Crippen molar-refractivity contribution in [2.24, 2.45) is 5.10 Å². The molecular formula is C26H23FN6OS. The molecule has 0 unspecified atom stereocenters. The van der Waals surface area contributed by atoms with Crippen LogP contribution in [0, 0.1) is 5.82 Å². The van der Waals surface area contributed by atoms with Gasteiger partial charge in [-0.25, -0.2) is 14.8 Å². The molecule has 1 aliphatic heterocycles. The van der Waals surface area contributed by atoms with Crippen molar-refractivity contribution in [3.8, 4) is 0 Å². The lowest BCUT2D eigenvalue weighted by molar-refractivity contribution is 0.122. The van der Waals surface area contributed by atoms with Crippen molar-refractivity contribution in [1.82, 2.24) is 14.5 Å². The monoisotopic (exact) mass is 486 g/mol. The van der Waals surface area contributed by atoms with Gasteiger partial charge in [0.25, 0.3) is 0 Å². The summed E-state index contributed by atoms with van der Waals surface area (Å²) in [5.41, 5.74) is 7.02. The predicted octanol–water partition coefficient (Wildman–Crippen LogP) is 5.12. The standard InChI is InChI=1S/C26H23FN6OS/c27-20-7-5-18(6-8-20)16-33-17-19(21-3-1-2-4-23(21)33)15-28-31-26-29-22-9-14-35-24(22)25(30-26)32-10-12-34-13-11-32/h1-9,14-15,17H,10-13,16H2,(H,29,30,31)/b28-15+. The van der Waals surface area contributed by atoms with E-state index in [9.17, 15) is 4.39 Å². The van der Waals surface area contributed by atoms with Gasteiger partial charge in [-0.15, -0.1) is 11.3 Å². The van der Waals surface area contributed by atoms with E-state index in [4.69, 9.17) is 9.72 Å². The molecule has 35 heavy (non-hydrogen) atoms. The molecule has 2 aromatic carbocycles. The smallest absolute Gasteiger partial charge is 0.246 e. The fourth-order valence-corrected chi connectivity index (χ4v) is 5.19. The van der Waals surface area contributed by atoms with Crippen LogP contribution in [0.4, 0.5) is 16.2 Å². The van der Waals surface area contributed by atoms with E-state index in [2.05, 4.69) is 43.3 Å². The van der Waals surface area contributed by atoms with E-state index >= 15 is 0 Å². The highest BCUT2D eigenvalue weighted by Gasteiger charge is 2.18. The molecule has 176 valence electrons. The first-order chi connectivity index (χ1) is 17.2. The number of benzene rings is 2. The average molecular weight is 487 g/mol. The molecule has 0 aliphatic carbocycles. The van der Waals surface area contributed by atoms with E-state index in [0.717, 1.165) is 51.2 Å². The molecule has 0 radical (unpaired) electrons. The Bertz CT molecular complexity index is 1500. The minimum absolute atomic E-state index is 0.232. The minimum Gasteiger partial charge on any atom is -0.378 e. The zero-order valence-electron chi connectivity index (χ0n) is 18.9. The van der Waals surface area contributed by atoms with Crippen molar-refractivity contribution in [1.29, 1.82) is 0 Å². The van der Waals surface area contributed by atoms with Crippen molar-refractivity contribution in [3.05, 3.63) is 83.1 Å². The van der Waals surface area contributed by atoms with Gasteiger partial charge in [0.05, 0.1) is 29.6 Å². The second-order valence-corrected chi connectivity index (χ2v) is 9.25. The van der Waals surface area contributed by atoms with Crippen molar-refractivity contribution in [3.63, 3.8) is 0 Å². The predicted molar refractivity (Wildman–Crippen MR) is 139 cm³/mol. The summed E-state index contributed by atoms with van der Waals surface area (Å²) in [5, 5.41) is 7.59. The van der Waals surface area contributed by atoms with Crippen LogP contribution < -0.4 is 10.3 Å². The van der Waals surface area contributed by atoms with E-state index < -0.39 is 0 Å². The Morgan fingerprint density at radius 3 is 2.74 bits per heavy atom. The van der Waals surface area contributed by atoms with Crippen LogP contribution in [0.15, 0.2) is 71.3 Å².